The van der Waals surface area contributed by atoms with E-state index in [1.165, 1.54) is 116 Å². The highest BCUT2D eigenvalue weighted by molar-refractivity contribution is 5.71. The number of hydrogen-bond acceptors (Lipinski definition) is 6. The number of ether oxygens (including phenoxy) is 3. The van der Waals surface area contributed by atoms with Gasteiger partial charge < -0.3 is 14.2 Å². The van der Waals surface area contributed by atoms with Crippen molar-refractivity contribution in [2.24, 2.45) is 0 Å². The lowest BCUT2D eigenvalue weighted by Crippen LogP contribution is -2.30. The summed E-state index contributed by atoms with van der Waals surface area (Å²) in [6, 6.07) is 0. The van der Waals surface area contributed by atoms with E-state index in [2.05, 4.69) is 69.4 Å². The Kier molecular flexibility index (Phi) is 43.9. The molecule has 0 bridgehead atoms. The van der Waals surface area contributed by atoms with Crippen molar-refractivity contribution in [3.8, 4) is 0 Å². The van der Waals surface area contributed by atoms with Crippen LogP contribution in [0.25, 0.3) is 0 Å². The molecule has 0 saturated carbocycles. The number of rotatable bonds is 43. The molecule has 6 nitrogen and oxygen atoms in total. The Labute approximate surface area is 352 Å². The summed E-state index contributed by atoms with van der Waals surface area (Å²) < 4.78 is 16.7. The molecule has 0 unspecified atom stereocenters. The Balaban J connectivity index is 4.38. The van der Waals surface area contributed by atoms with Crippen LogP contribution in [-0.4, -0.2) is 37.2 Å². The van der Waals surface area contributed by atoms with E-state index in [1.54, 1.807) is 0 Å². The van der Waals surface area contributed by atoms with Crippen LogP contribution in [0.1, 0.15) is 239 Å². The lowest BCUT2D eigenvalue weighted by Gasteiger charge is -2.18. The second-order valence-electron chi connectivity index (χ2n) is 16.0. The third-order valence-corrected chi connectivity index (χ3v) is 10.3. The van der Waals surface area contributed by atoms with Gasteiger partial charge in [0, 0.05) is 19.3 Å². The van der Waals surface area contributed by atoms with E-state index in [0.717, 1.165) is 83.5 Å². The number of hydrogen-bond donors (Lipinski definition) is 0. The summed E-state index contributed by atoms with van der Waals surface area (Å²) in [7, 11) is 0. The van der Waals surface area contributed by atoms with Crippen molar-refractivity contribution in [1.29, 1.82) is 0 Å². The minimum Gasteiger partial charge on any atom is -0.462 e. The van der Waals surface area contributed by atoms with Gasteiger partial charge in [-0.15, -0.1) is 0 Å². The molecule has 0 aliphatic carbocycles. The summed E-state index contributed by atoms with van der Waals surface area (Å²) in [4.78, 5) is 37.8. The molecule has 0 amide bonds. The van der Waals surface area contributed by atoms with Gasteiger partial charge in [-0.1, -0.05) is 179 Å². The summed E-state index contributed by atoms with van der Waals surface area (Å²) in [5, 5.41) is 0. The zero-order chi connectivity index (χ0) is 41.5. The Morgan fingerprint density at radius 2 is 0.649 bits per heavy atom. The molecule has 0 saturated heterocycles. The summed E-state index contributed by atoms with van der Waals surface area (Å²) in [6.45, 7) is 6.51. The summed E-state index contributed by atoms with van der Waals surface area (Å²) in [5.74, 6) is -0.909. The average molecular weight is 799 g/mol. The Hall–Kier alpha value is -2.63. The SMILES string of the molecule is CCCC/C=C\CCCCCCCC(=O)OCC(COC(=O)CCCCCCC/C=C\CCCC)OC(=O)CCCCCCCCC/C=C\C/C=C\CCCCC. The van der Waals surface area contributed by atoms with Gasteiger partial charge in [0.2, 0.25) is 0 Å². The van der Waals surface area contributed by atoms with Gasteiger partial charge in [0.25, 0.3) is 0 Å². The van der Waals surface area contributed by atoms with Crippen LogP contribution >= 0.6 is 0 Å². The van der Waals surface area contributed by atoms with E-state index < -0.39 is 6.10 Å². The van der Waals surface area contributed by atoms with E-state index in [9.17, 15) is 14.4 Å². The third-order valence-electron chi connectivity index (χ3n) is 10.3. The molecule has 0 radical (unpaired) electrons. The highest BCUT2D eigenvalue weighted by Gasteiger charge is 2.19. The minimum atomic E-state index is -0.781. The molecular weight excluding hydrogens is 709 g/mol. The molecular formula is C51H90O6. The smallest absolute Gasteiger partial charge is 0.306 e. The molecule has 0 aromatic rings. The zero-order valence-corrected chi connectivity index (χ0v) is 37.6. The Morgan fingerprint density at radius 3 is 1.04 bits per heavy atom. The van der Waals surface area contributed by atoms with E-state index in [1.807, 2.05) is 0 Å². The fourth-order valence-corrected chi connectivity index (χ4v) is 6.55. The van der Waals surface area contributed by atoms with Crippen LogP contribution in [-0.2, 0) is 28.6 Å². The van der Waals surface area contributed by atoms with Crippen LogP contribution in [0, 0.1) is 0 Å². The molecule has 0 aromatic carbocycles. The lowest BCUT2D eigenvalue weighted by molar-refractivity contribution is -0.167. The van der Waals surface area contributed by atoms with Gasteiger partial charge in [-0.3, -0.25) is 14.4 Å². The molecule has 0 aromatic heterocycles. The van der Waals surface area contributed by atoms with Crippen molar-refractivity contribution in [3.63, 3.8) is 0 Å². The molecule has 0 aliphatic heterocycles. The molecule has 6 heteroatoms. The Morgan fingerprint density at radius 1 is 0.351 bits per heavy atom. The molecule has 0 fully saturated rings. The maximum absolute atomic E-state index is 12.8. The van der Waals surface area contributed by atoms with Crippen molar-refractivity contribution < 1.29 is 28.6 Å². The van der Waals surface area contributed by atoms with Crippen LogP contribution in [0.4, 0.5) is 0 Å². The van der Waals surface area contributed by atoms with E-state index >= 15 is 0 Å². The minimum absolute atomic E-state index is 0.0833. The quantitative estimate of drug-likeness (QED) is 0.0265. The van der Waals surface area contributed by atoms with Gasteiger partial charge in [0.15, 0.2) is 6.10 Å². The molecule has 330 valence electrons. The summed E-state index contributed by atoms with van der Waals surface area (Å²) >= 11 is 0. The second-order valence-corrected chi connectivity index (χ2v) is 16.0. The monoisotopic (exact) mass is 799 g/mol. The lowest BCUT2D eigenvalue weighted by atomic mass is 10.1. The normalized spacial score (nSPS) is 11.9. The Bertz CT molecular complexity index is 963. The molecule has 0 heterocycles. The second kappa shape index (κ2) is 46.1. The van der Waals surface area contributed by atoms with Crippen LogP contribution in [0.3, 0.4) is 0 Å². The van der Waals surface area contributed by atoms with Gasteiger partial charge in [-0.25, -0.2) is 0 Å². The van der Waals surface area contributed by atoms with Crippen LogP contribution in [0.2, 0.25) is 0 Å². The first-order chi connectivity index (χ1) is 28.0. The van der Waals surface area contributed by atoms with Crippen LogP contribution in [0.15, 0.2) is 48.6 Å². The zero-order valence-electron chi connectivity index (χ0n) is 37.6. The fourth-order valence-electron chi connectivity index (χ4n) is 6.55. The number of allylic oxidation sites excluding steroid dienone is 8. The van der Waals surface area contributed by atoms with E-state index in [4.69, 9.17) is 14.2 Å². The van der Waals surface area contributed by atoms with Crippen molar-refractivity contribution in [2.75, 3.05) is 13.2 Å². The molecule has 0 spiro atoms. The third kappa shape index (κ3) is 44.3. The number of unbranched alkanes of at least 4 members (excludes halogenated alkanes) is 24. The molecule has 0 aliphatic rings. The predicted octanol–water partition coefficient (Wildman–Crippen LogP) is 15.5. The number of carbonyl (C=O) groups excluding carboxylic acids is 3. The first-order valence-corrected chi connectivity index (χ1v) is 24.1. The fraction of sp³-hybridized carbons (Fsp3) is 0.784. The van der Waals surface area contributed by atoms with Crippen molar-refractivity contribution in [2.45, 2.75) is 245 Å². The van der Waals surface area contributed by atoms with Crippen LogP contribution in [0.5, 0.6) is 0 Å². The predicted molar refractivity (Wildman–Crippen MR) is 242 cm³/mol. The first-order valence-electron chi connectivity index (χ1n) is 24.1. The summed E-state index contributed by atoms with van der Waals surface area (Å²) in [5.41, 5.74) is 0. The van der Waals surface area contributed by atoms with Gasteiger partial charge in [-0.05, 0) is 89.9 Å². The van der Waals surface area contributed by atoms with E-state index in [-0.39, 0.29) is 31.1 Å². The molecule has 0 atom stereocenters. The summed E-state index contributed by atoms with van der Waals surface area (Å²) in [6.07, 6.45) is 53.7. The van der Waals surface area contributed by atoms with Gasteiger partial charge in [0.05, 0.1) is 0 Å². The highest BCUT2D eigenvalue weighted by Crippen LogP contribution is 2.14. The van der Waals surface area contributed by atoms with Gasteiger partial charge in [0.1, 0.15) is 13.2 Å². The first kappa shape index (κ1) is 54.4. The maximum atomic E-state index is 12.8. The van der Waals surface area contributed by atoms with Crippen molar-refractivity contribution in [3.05, 3.63) is 48.6 Å². The van der Waals surface area contributed by atoms with Crippen LogP contribution < -0.4 is 0 Å². The maximum Gasteiger partial charge on any atom is 0.306 e. The van der Waals surface area contributed by atoms with Crippen molar-refractivity contribution in [1.82, 2.24) is 0 Å². The topological polar surface area (TPSA) is 78.9 Å². The van der Waals surface area contributed by atoms with Crippen molar-refractivity contribution >= 4 is 17.9 Å². The highest BCUT2D eigenvalue weighted by atomic mass is 16.6. The van der Waals surface area contributed by atoms with E-state index in [0.29, 0.717) is 19.3 Å². The van der Waals surface area contributed by atoms with Gasteiger partial charge >= 0.3 is 17.9 Å². The number of esters is 3. The van der Waals surface area contributed by atoms with Gasteiger partial charge in [-0.2, -0.15) is 0 Å². The largest absolute Gasteiger partial charge is 0.462 e. The number of carbonyl (C=O) groups is 3. The molecule has 57 heavy (non-hydrogen) atoms. The average Bonchev–Trinajstić information content (AvgIpc) is 3.21. The standard InChI is InChI=1S/C51H90O6/c1-4-7-10-13-16-19-22-23-24-25-26-27-30-33-36-39-42-45-51(54)57-48(46-55-49(52)43-40-37-34-31-28-20-17-14-11-8-5-2)47-56-50(53)44-41-38-35-32-29-21-18-15-12-9-6-3/h14-19,23-24,48H,4-13,20-22,25-47H2,1-3H3/b17-14-,18-15-,19-16-,24-23-. The molecule has 0 N–H and O–H groups in total. The molecule has 0 rings (SSSR count).